The fraction of sp³-hybridized carbons (Fsp3) is 0.571. The van der Waals surface area contributed by atoms with Crippen LogP contribution in [0.1, 0.15) is 55.4 Å². The number of fused-ring (bicyclic) bond motifs is 2. The molecule has 0 spiro atoms. The molecule has 38 heavy (non-hydrogen) atoms. The van der Waals surface area contributed by atoms with Gasteiger partial charge in [0.15, 0.2) is 17.3 Å². The van der Waals surface area contributed by atoms with Crippen molar-refractivity contribution in [1.29, 1.82) is 0 Å². The minimum Gasteiger partial charge on any atom is -0.493 e. The van der Waals surface area contributed by atoms with Gasteiger partial charge in [-0.2, -0.15) is 0 Å². The van der Waals surface area contributed by atoms with Crippen molar-refractivity contribution in [3.8, 4) is 11.5 Å². The number of carbonyl (C=O) groups excluding carboxylic acids is 4. The van der Waals surface area contributed by atoms with Gasteiger partial charge in [-0.05, 0) is 62.1 Å². The number of hydrogen-bond acceptors (Lipinski definition) is 7. The van der Waals surface area contributed by atoms with Crippen LogP contribution in [0.15, 0.2) is 18.2 Å². The third-order valence-electron chi connectivity index (χ3n) is 8.60. The summed E-state index contributed by atoms with van der Waals surface area (Å²) in [6.07, 6.45) is 4.86. The van der Waals surface area contributed by atoms with Crippen molar-refractivity contribution in [2.24, 2.45) is 17.8 Å². The number of hydrogen-bond donors (Lipinski definition) is 3. The SMILES string of the molecule is COc1ccc2[nH]c(C(=O)N3C[C@@H]4CCC[C@@H]4[C@H]3C(=O)N[C@@H](C[C@@H]3CCCC3=O)C(=O)CO)cc2c1OC. The number of Topliss-reactive ketones (excluding diaryl/α,β-unsaturated/α-hetero) is 2. The number of rotatable bonds is 9. The summed E-state index contributed by atoms with van der Waals surface area (Å²) in [5.74, 6) is -0.162. The molecule has 3 fully saturated rings. The van der Waals surface area contributed by atoms with Crippen LogP contribution in [-0.2, 0) is 14.4 Å². The number of ketones is 2. The Morgan fingerprint density at radius 1 is 1.16 bits per heavy atom. The molecule has 10 nitrogen and oxygen atoms in total. The Labute approximate surface area is 221 Å². The first-order chi connectivity index (χ1) is 18.4. The monoisotopic (exact) mass is 525 g/mol. The lowest BCUT2D eigenvalue weighted by Gasteiger charge is -2.29. The summed E-state index contributed by atoms with van der Waals surface area (Å²) in [4.78, 5) is 57.0. The molecule has 2 aromatic rings. The van der Waals surface area contributed by atoms with Crippen molar-refractivity contribution in [1.82, 2.24) is 15.2 Å². The number of aromatic amines is 1. The molecule has 1 aliphatic heterocycles. The van der Waals surface area contributed by atoms with Gasteiger partial charge in [0.25, 0.3) is 5.91 Å². The third-order valence-corrected chi connectivity index (χ3v) is 8.60. The van der Waals surface area contributed by atoms with Gasteiger partial charge in [0.1, 0.15) is 24.1 Å². The maximum atomic E-state index is 13.8. The summed E-state index contributed by atoms with van der Waals surface area (Å²) in [5.41, 5.74) is 1.05. The molecule has 5 rings (SSSR count). The second kappa shape index (κ2) is 10.8. The highest BCUT2D eigenvalue weighted by atomic mass is 16.5. The highest BCUT2D eigenvalue weighted by Gasteiger charge is 2.50. The fourth-order valence-corrected chi connectivity index (χ4v) is 6.71. The summed E-state index contributed by atoms with van der Waals surface area (Å²) in [7, 11) is 3.09. The second-order valence-corrected chi connectivity index (χ2v) is 10.7. The van der Waals surface area contributed by atoms with Gasteiger partial charge in [-0.1, -0.05) is 6.42 Å². The van der Waals surface area contributed by atoms with Crippen LogP contribution in [0.4, 0.5) is 0 Å². The lowest BCUT2D eigenvalue weighted by Crippen LogP contribution is -2.53. The quantitative estimate of drug-likeness (QED) is 0.456. The van der Waals surface area contributed by atoms with E-state index in [1.54, 1.807) is 24.1 Å². The maximum Gasteiger partial charge on any atom is 0.271 e. The maximum absolute atomic E-state index is 13.8. The van der Waals surface area contributed by atoms with Crippen molar-refractivity contribution in [2.75, 3.05) is 27.4 Å². The molecular weight excluding hydrogens is 490 g/mol. The lowest BCUT2D eigenvalue weighted by molar-refractivity contribution is -0.133. The zero-order chi connectivity index (χ0) is 27.0. The molecule has 2 amide bonds. The van der Waals surface area contributed by atoms with Crippen LogP contribution in [0.25, 0.3) is 10.9 Å². The molecule has 3 N–H and O–H groups in total. The van der Waals surface area contributed by atoms with Crippen molar-refractivity contribution >= 4 is 34.3 Å². The smallest absolute Gasteiger partial charge is 0.271 e. The lowest BCUT2D eigenvalue weighted by atomic mass is 9.91. The van der Waals surface area contributed by atoms with Gasteiger partial charge in [-0.15, -0.1) is 0 Å². The van der Waals surface area contributed by atoms with Crippen LogP contribution >= 0.6 is 0 Å². The van der Waals surface area contributed by atoms with Gasteiger partial charge in [-0.3, -0.25) is 19.2 Å². The number of carbonyl (C=O) groups is 4. The van der Waals surface area contributed by atoms with Gasteiger partial charge in [0.2, 0.25) is 5.91 Å². The van der Waals surface area contributed by atoms with E-state index in [1.807, 2.05) is 6.07 Å². The Bertz CT molecular complexity index is 1250. The Hall–Kier alpha value is -3.40. The van der Waals surface area contributed by atoms with Crippen molar-refractivity contribution in [2.45, 2.75) is 57.0 Å². The number of amides is 2. The number of aliphatic hydroxyl groups is 1. The fourth-order valence-electron chi connectivity index (χ4n) is 6.71. The number of benzene rings is 1. The van der Waals surface area contributed by atoms with E-state index in [0.717, 1.165) is 25.7 Å². The highest BCUT2D eigenvalue weighted by molar-refractivity contribution is 6.03. The van der Waals surface area contributed by atoms with Gasteiger partial charge < -0.3 is 29.8 Å². The second-order valence-electron chi connectivity index (χ2n) is 10.7. The molecule has 2 heterocycles. The van der Waals surface area contributed by atoms with E-state index in [2.05, 4.69) is 10.3 Å². The Morgan fingerprint density at radius 3 is 2.66 bits per heavy atom. The number of nitrogens with one attached hydrogen (secondary N) is 2. The number of nitrogens with zero attached hydrogens (tertiary/aromatic N) is 1. The van der Waals surface area contributed by atoms with Crippen LogP contribution in [0.5, 0.6) is 11.5 Å². The minimum atomic E-state index is -0.957. The number of H-pyrrole nitrogens is 1. The highest BCUT2D eigenvalue weighted by Crippen LogP contribution is 2.43. The first-order valence-corrected chi connectivity index (χ1v) is 13.4. The molecule has 2 aliphatic carbocycles. The van der Waals surface area contributed by atoms with E-state index in [4.69, 9.17) is 9.47 Å². The van der Waals surface area contributed by atoms with Crippen LogP contribution < -0.4 is 14.8 Å². The molecule has 1 saturated heterocycles. The Morgan fingerprint density at radius 2 is 1.97 bits per heavy atom. The topological polar surface area (TPSA) is 138 Å². The summed E-state index contributed by atoms with van der Waals surface area (Å²) in [5, 5.41) is 13.1. The van der Waals surface area contributed by atoms with Gasteiger partial charge >= 0.3 is 0 Å². The zero-order valence-corrected chi connectivity index (χ0v) is 21.8. The predicted octanol–water partition coefficient (Wildman–Crippen LogP) is 2.23. The number of likely N-dealkylation sites (tertiary alicyclic amines) is 1. The molecule has 0 radical (unpaired) electrons. The molecule has 204 valence electrons. The van der Waals surface area contributed by atoms with E-state index in [9.17, 15) is 24.3 Å². The van der Waals surface area contributed by atoms with E-state index in [0.29, 0.717) is 47.5 Å². The standard InChI is InChI=1S/C28H35N3O7/c1-37-24-10-9-19-18(26(24)38-2)12-21(29-19)28(36)31-13-16-6-3-7-17(16)25(31)27(35)30-20(23(34)14-32)11-15-5-4-8-22(15)33/h9-10,12,15-17,20,25,29,32H,3-8,11,13-14H2,1-2H3,(H,30,35)/t15-,16-,17-,20-,25-/m0/s1. The number of aliphatic hydroxyl groups excluding tert-OH is 1. The zero-order valence-electron chi connectivity index (χ0n) is 21.8. The van der Waals surface area contributed by atoms with Crippen LogP contribution in [0.3, 0.4) is 0 Å². The molecule has 1 aromatic heterocycles. The van der Waals surface area contributed by atoms with Crippen LogP contribution in [-0.4, -0.2) is 77.8 Å². The van der Waals surface area contributed by atoms with Crippen molar-refractivity contribution in [3.63, 3.8) is 0 Å². The number of methoxy groups -OCH3 is 2. The number of aromatic nitrogens is 1. The normalized spacial score (nSPS) is 25.4. The van der Waals surface area contributed by atoms with E-state index in [-0.39, 0.29) is 35.9 Å². The summed E-state index contributed by atoms with van der Waals surface area (Å²) in [6.45, 7) is -0.261. The molecule has 2 saturated carbocycles. The predicted molar refractivity (Wildman–Crippen MR) is 138 cm³/mol. The van der Waals surface area contributed by atoms with E-state index >= 15 is 0 Å². The molecule has 3 aliphatic rings. The first kappa shape index (κ1) is 26.2. The Kier molecular flexibility index (Phi) is 7.43. The molecule has 1 aromatic carbocycles. The number of ether oxygens (including phenoxy) is 2. The van der Waals surface area contributed by atoms with Crippen LogP contribution in [0.2, 0.25) is 0 Å². The van der Waals surface area contributed by atoms with Crippen LogP contribution in [0, 0.1) is 17.8 Å². The van der Waals surface area contributed by atoms with E-state index < -0.39 is 30.4 Å². The largest absolute Gasteiger partial charge is 0.493 e. The molecule has 0 bridgehead atoms. The van der Waals surface area contributed by atoms with Gasteiger partial charge in [0.05, 0.1) is 25.8 Å². The molecule has 10 heteroatoms. The molecule has 5 atom stereocenters. The average Bonchev–Trinajstić information content (AvgIpc) is 3.70. The van der Waals surface area contributed by atoms with E-state index in [1.165, 1.54) is 7.11 Å². The molecular formula is C28H35N3O7. The summed E-state index contributed by atoms with van der Waals surface area (Å²) >= 11 is 0. The van der Waals surface area contributed by atoms with Crippen molar-refractivity contribution in [3.05, 3.63) is 23.9 Å². The first-order valence-electron chi connectivity index (χ1n) is 13.4. The Balaban J connectivity index is 1.41. The average molecular weight is 526 g/mol. The third kappa shape index (κ3) is 4.66. The van der Waals surface area contributed by atoms with Gasteiger partial charge in [0, 0.05) is 24.3 Å². The minimum absolute atomic E-state index is 0.00375. The summed E-state index contributed by atoms with van der Waals surface area (Å²) < 4.78 is 10.9. The summed E-state index contributed by atoms with van der Waals surface area (Å²) in [6, 6.07) is 3.60. The van der Waals surface area contributed by atoms with Crippen molar-refractivity contribution < 1.29 is 33.8 Å². The van der Waals surface area contributed by atoms with Gasteiger partial charge in [-0.25, -0.2) is 0 Å². The molecule has 0 unspecified atom stereocenters.